The van der Waals surface area contributed by atoms with Gasteiger partial charge < -0.3 is 9.88 Å². The second-order valence-electron chi connectivity index (χ2n) is 3.53. The Balaban J connectivity index is 2.36. The Morgan fingerprint density at radius 1 is 1.33 bits per heavy atom. The summed E-state index contributed by atoms with van der Waals surface area (Å²) in [6.45, 7) is 0.729. The van der Waals surface area contributed by atoms with Crippen LogP contribution < -0.4 is 5.32 Å². The van der Waals surface area contributed by atoms with E-state index in [9.17, 15) is 0 Å². The lowest BCUT2D eigenvalue weighted by atomic mass is 10.1. The Morgan fingerprint density at radius 3 is 3.00 bits per heavy atom. The smallest absolute Gasteiger partial charge is 0.0577 e. The molecule has 1 heterocycles. The van der Waals surface area contributed by atoms with Crippen LogP contribution in [0.3, 0.4) is 0 Å². The predicted molar refractivity (Wildman–Crippen MR) is 63.7 cm³/mol. The minimum atomic E-state index is 0.729. The van der Waals surface area contributed by atoms with Crippen LogP contribution in [-0.4, -0.2) is 18.2 Å². The number of aromatic nitrogens is 1. The van der Waals surface area contributed by atoms with Crippen LogP contribution in [0.4, 0.5) is 0 Å². The van der Waals surface area contributed by atoms with E-state index in [1.54, 1.807) is 0 Å². The van der Waals surface area contributed by atoms with Gasteiger partial charge in [0.15, 0.2) is 0 Å². The topological polar surface area (TPSA) is 17.0 Å². The average Bonchev–Trinajstić information content (AvgIpc) is 2.61. The van der Waals surface area contributed by atoms with Gasteiger partial charge in [0.1, 0.15) is 0 Å². The highest BCUT2D eigenvalue weighted by atomic mass is 14.9. The number of nitrogens with one attached hydrogen (secondary N) is 1. The summed E-state index contributed by atoms with van der Waals surface area (Å²) in [7, 11) is 3.95. The highest BCUT2D eigenvalue weighted by Crippen LogP contribution is 2.15. The van der Waals surface area contributed by atoms with Crippen LogP contribution in [0, 0.1) is 11.8 Å². The lowest BCUT2D eigenvalue weighted by Gasteiger charge is -1.96. The molecule has 1 N–H and O–H groups in total. The molecule has 0 aliphatic heterocycles. The minimum Gasteiger partial charge on any atom is -0.351 e. The summed E-state index contributed by atoms with van der Waals surface area (Å²) in [5, 5.41) is 4.25. The molecule has 0 spiro atoms. The molecule has 76 valence electrons. The summed E-state index contributed by atoms with van der Waals surface area (Å²) in [6, 6.07) is 8.40. The summed E-state index contributed by atoms with van der Waals surface area (Å²) >= 11 is 0. The first-order valence-corrected chi connectivity index (χ1v) is 5.00. The van der Waals surface area contributed by atoms with E-state index in [2.05, 4.69) is 59.2 Å². The third-order valence-corrected chi connectivity index (χ3v) is 2.38. The lowest BCUT2D eigenvalue weighted by Crippen LogP contribution is -2.04. The van der Waals surface area contributed by atoms with Crippen molar-refractivity contribution in [1.29, 1.82) is 0 Å². The molecule has 0 amide bonds. The molecule has 1 aromatic carbocycles. The first kappa shape index (κ1) is 9.82. The largest absolute Gasteiger partial charge is 0.351 e. The van der Waals surface area contributed by atoms with Crippen molar-refractivity contribution in [1.82, 2.24) is 9.88 Å². The fourth-order valence-electron chi connectivity index (χ4n) is 1.59. The van der Waals surface area contributed by atoms with E-state index in [0.717, 1.165) is 12.1 Å². The van der Waals surface area contributed by atoms with Gasteiger partial charge in [-0.1, -0.05) is 11.8 Å². The number of fused-ring (bicyclic) bond motifs is 1. The maximum atomic E-state index is 3.13. The van der Waals surface area contributed by atoms with Crippen LogP contribution in [-0.2, 0) is 7.05 Å². The molecule has 2 nitrogen and oxygen atoms in total. The number of aryl methyl sites for hydroxylation is 1. The maximum absolute atomic E-state index is 3.13. The van der Waals surface area contributed by atoms with Crippen molar-refractivity contribution in [3.63, 3.8) is 0 Å². The molecule has 2 aromatic rings. The van der Waals surface area contributed by atoms with E-state index >= 15 is 0 Å². The standard InChI is InChI=1S/C13H14N2/c1-14-8-3-4-11-5-6-13-12(10-11)7-9-15(13)2/h5-7,9-10,14H,8H2,1-2H3. The maximum Gasteiger partial charge on any atom is 0.0577 e. The number of rotatable bonds is 1. The summed E-state index contributed by atoms with van der Waals surface area (Å²) < 4.78 is 2.11. The first-order valence-electron chi connectivity index (χ1n) is 5.00. The average molecular weight is 198 g/mol. The second kappa shape index (κ2) is 4.20. The molecular formula is C13H14N2. The van der Waals surface area contributed by atoms with E-state index < -0.39 is 0 Å². The quantitative estimate of drug-likeness (QED) is 0.691. The van der Waals surface area contributed by atoms with Crippen LogP contribution in [0.2, 0.25) is 0 Å². The summed E-state index contributed by atoms with van der Waals surface area (Å²) in [5.74, 6) is 6.18. The number of nitrogens with zero attached hydrogens (tertiary/aromatic N) is 1. The molecule has 0 bridgehead atoms. The fourth-order valence-corrected chi connectivity index (χ4v) is 1.59. The van der Waals surface area contributed by atoms with E-state index in [-0.39, 0.29) is 0 Å². The van der Waals surface area contributed by atoms with Crippen molar-refractivity contribution < 1.29 is 0 Å². The molecule has 0 saturated carbocycles. The Labute approximate surface area is 89.9 Å². The molecule has 0 aliphatic carbocycles. The molecule has 0 fully saturated rings. The van der Waals surface area contributed by atoms with E-state index in [0.29, 0.717) is 0 Å². The summed E-state index contributed by atoms with van der Waals surface area (Å²) in [5.41, 5.74) is 2.32. The second-order valence-corrected chi connectivity index (χ2v) is 3.53. The van der Waals surface area contributed by atoms with Gasteiger partial charge in [-0.2, -0.15) is 0 Å². The molecule has 0 atom stereocenters. The van der Waals surface area contributed by atoms with Crippen molar-refractivity contribution in [2.45, 2.75) is 0 Å². The Hall–Kier alpha value is -1.72. The monoisotopic (exact) mass is 198 g/mol. The van der Waals surface area contributed by atoms with Gasteiger partial charge in [0.25, 0.3) is 0 Å². The number of hydrogen-bond donors (Lipinski definition) is 1. The minimum absolute atomic E-state index is 0.729. The molecule has 0 saturated heterocycles. The molecule has 0 aliphatic rings. The SMILES string of the molecule is CNCC#Cc1ccc2c(ccn2C)c1. The van der Waals surface area contributed by atoms with Crippen molar-refractivity contribution in [2.75, 3.05) is 13.6 Å². The van der Waals surface area contributed by atoms with Gasteiger partial charge in [0.2, 0.25) is 0 Å². The van der Waals surface area contributed by atoms with Gasteiger partial charge in [-0.3, -0.25) is 0 Å². The summed E-state index contributed by atoms with van der Waals surface area (Å²) in [6.07, 6.45) is 2.06. The Morgan fingerprint density at radius 2 is 2.20 bits per heavy atom. The van der Waals surface area contributed by atoms with Crippen LogP contribution in [0.15, 0.2) is 30.5 Å². The van der Waals surface area contributed by atoms with Crippen molar-refractivity contribution in [2.24, 2.45) is 7.05 Å². The van der Waals surface area contributed by atoms with Gasteiger partial charge in [-0.25, -0.2) is 0 Å². The number of benzene rings is 1. The van der Waals surface area contributed by atoms with E-state index in [1.807, 2.05) is 7.05 Å². The lowest BCUT2D eigenvalue weighted by molar-refractivity contribution is 0.938. The predicted octanol–water partition coefficient (Wildman–Crippen LogP) is 1.75. The zero-order valence-electron chi connectivity index (χ0n) is 9.04. The van der Waals surface area contributed by atoms with Gasteiger partial charge in [0, 0.05) is 29.7 Å². The molecule has 0 unspecified atom stereocenters. The molecule has 0 radical (unpaired) electrons. The third kappa shape index (κ3) is 2.03. The molecule has 1 aromatic heterocycles. The van der Waals surface area contributed by atoms with Gasteiger partial charge >= 0.3 is 0 Å². The van der Waals surface area contributed by atoms with Crippen molar-refractivity contribution >= 4 is 10.9 Å². The molecule has 2 heteroatoms. The van der Waals surface area contributed by atoms with Crippen LogP contribution in [0.5, 0.6) is 0 Å². The molecule has 2 rings (SSSR count). The van der Waals surface area contributed by atoms with Gasteiger partial charge in [-0.15, -0.1) is 0 Å². The Bertz CT molecular complexity index is 526. The highest BCUT2D eigenvalue weighted by Gasteiger charge is 1.97. The zero-order chi connectivity index (χ0) is 10.7. The van der Waals surface area contributed by atoms with Crippen molar-refractivity contribution in [3.8, 4) is 11.8 Å². The van der Waals surface area contributed by atoms with Gasteiger partial charge in [0.05, 0.1) is 6.54 Å². The summed E-state index contributed by atoms with van der Waals surface area (Å²) in [4.78, 5) is 0. The molecular weight excluding hydrogens is 184 g/mol. The third-order valence-electron chi connectivity index (χ3n) is 2.38. The fraction of sp³-hybridized carbons (Fsp3) is 0.231. The van der Waals surface area contributed by atoms with Crippen LogP contribution in [0.25, 0.3) is 10.9 Å². The van der Waals surface area contributed by atoms with E-state index in [4.69, 9.17) is 0 Å². The first-order chi connectivity index (χ1) is 7.31. The zero-order valence-corrected chi connectivity index (χ0v) is 9.04. The van der Waals surface area contributed by atoms with E-state index in [1.165, 1.54) is 10.9 Å². The molecule has 15 heavy (non-hydrogen) atoms. The van der Waals surface area contributed by atoms with Crippen LogP contribution in [0.1, 0.15) is 5.56 Å². The van der Waals surface area contributed by atoms with Crippen molar-refractivity contribution in [3.05, 3.63) is 36.0 Å². The Kier molecular flexibility index (Phi) is 2.75. The van der Waals surface area contributed by atoms with Gasteiger partial charge in [-0.05, 0) is 31.3 Å². The highest BCUT2D eigenvalue weighted by molar-refractivity contribution is 5.81. The normalized spacial score (nSPS) is 10.0. The number of hydrogen-bond acceptors (Lipinski definition) is 1. The van der Waals surface area contributed by atoms with Crippen LogP contribution >= 0.6 is 0 Å².